The molecule has 28 heavy (non-hydrogen) atoms. The number of carbonyl (C=O) groups excluding carboxylic acids is 2. The second kappa shape index (κ2) is 9.39. The first-order valence-corrected chi connectivity index (χ1v) is 10.6. The van der Waals surface area contributed by atoms with Crippen LogP contribution in [0.15, 0.2) is 18.2 Å². The van der Waals surface area contributed by atoms with Crippen molar-refractivity contribution < 1.29 is 14.0 Å². The van der Waals surface area contributed by atoms with Crippen molar-refractivity contribution in [3.63, 3.8) is 0 Å². The maximum atomic E-state index is 14.8. The first kappa shape index (κ1) is 20.6. The fraction of sp³-hybridized carbons (Fsp3) is 0.636. The van der Waals surface area contributed by atoms with Gasteiger partial charge in [0.15, 0.2) is 0 Å². The second-order valence-electron chi connectivity index (χ2n) is 8.28. The van der Waals surface area contributed by atoms with Crippen LogP contribution < -0.4 is 15.5 Å². The third kappa shape index (κ3) is 5.03. The van der Waals surface area contributed by atoms with E-state index in [4.69, 9.17) is 0 Å². The van der Waals surface area contributed by atoms with E-state index in [0.717, 1.165) is 38.5 Å². The molecule has 2 aliphatic rings. The minimum atomic E-state index is -0.562. The van der Waals surface area contributed by atoms with Gasteiger partial charge in [0.1, 0.15) is 11.9 Å². The quantitative estimate of drug-likeness (QED) is 0.765. The minimum Gasteiger partial charge on any atom is -0.369 e. The SMILES string of the molecule is CC(=O)NC(C(=O)Nc1ccc(N(C)C2CCCCC2)c(F)c1)C1CCCC1. The van der Waals surface area contributed by atoms with Crippen molar-refractivity contribution in [3.05, 3.63) is 24.0 Å². The average Bonchev–Trinajstić information content (AvgIpc) is 3.20. The van der Waals surface area contributed by atoms with E-state index in [1.807, 2.05) is 11.9 Å². The Morgan fingerprint density at radius 1 is 1.07 bits per heavy atom. The molecule has 0 spiro atoms. The summed E-state index contributed by atoms with van der Waals surface area (Å²) in [6.07, 6.45) is 9.83. The number of halogens is 1. The van der Waals surface area contributed by atoms with Crippen molar-refractivity contribution in [2.24, 2.45) is 5.92 Å². The number of rotatable bonds is 6. The molecule has 0 bridgehead atoms. The molecule has 1 aromatic carbocycles. The second-order valence-corrected chi connectivity index (χ2v) is 8.28. The summed E-state index contributed by atoms with van der Waals surface area (Å²) in [6.45, 7) is 1.42. The summed E-state index contributed by atoms with van der Waals surface area (Å²) in [5.74, 6) is -0.675. The number of amides is 2. The first-order valence-electron chi connectivity index (χ1n) is 10.6. The number of carbonyl (C=O) groups is 2. The third-order valence-corrected chi connectivity index (χ3v) is 6.23. The zero-order valence-corrected chi connectivity index (χ0v) is 17.0. The van der Waals surface area contributed by atoms with Gasteiger partial charge in [-0.2, -0.15) is 0 Å². The van der Waals surface area contributed by atoms with E-state index in [0.29, 0.717) is 17.4 Å². The van der Waals surface area contributed by atoms with Gasteiger partial charge in [0.2, 0.25) is 11.8 Å². The van der Waals surface area contributed by atoms with Gasteiger partial charge < -0.3 is 15.5 Å². The number of nitrogens with one attached hydrogen (secondary N) is 2. The van der Waals surface area contributed by atoms with Gasteiger partial charge in [0.25, 0.3) is 0 Å². The van der Waals surface area contributed by atoms with E-state index in [-0.39, 0.29) is 23.5 Å². The Morgan fingerprint density at radius 3 is 2.32 bits per heavy atom. The molecule has 2 aliphatic carbocycles. The van der Waals surface area contributed by atoms with E-state index in [1.54, 1.807) is 12.1 Å². The molecular formula is C22H32FN3O2. The summed E-state index contributed by atoms with van der Waals surface area (Å²) < 4.78 is 14.8. The Kier molecular flexibility index (Phi) is 6.92. The van der Waals surface area contributed by atoms with Gasteiger partial charge in [-0.1, -0.05) is 32.1 Å². The fourth-order valence-electron chi connectivity index (χ4n) is 4.66. The van der Waals surface area contributed by atoms with Crippen LogP contribution in [0, 0.1) is 11.7 Å². The molecule has 1 unspecified atom stereocenters. The van der Waals surface area contributed by atoms with Gasteiger partial charge in [-0.15, -0.1) is 0 Å². The first-order chi connectivity index (χ1) is 13.5. The summed E-state index contributed by atoms with van der Waals surface area (Å²) in [5.41, 5.74) is 0.996. The molecule has 0 heterocycles. The van der Waals surface area contributed by atoms with Gasteiger partial charge in [-0.3, -0.25) is 9.59 Å². The number of hydrogen-bond donors (Lipinski definition) is 2. The molecule has 0 radical (unpaired) electrons. The molecule has 0 saturated heterocycles. The van der Waals surface area contributed by atoms with E-state index >= 15 is 0 Å². The Hall–Kier alpha value is -2.11. The molecule has 5 nitrogen and oxygen atoms in total. The Labute approximate surface area is 167 Å². The number of benzene rings is 1. The van der Waals surface area contributed by atoms with Gasteiger partial charge in [0.05, 0.1) is 5.69 Å². The Bertz CT molecular complexity index is 697. The highest BCUT2D eigenvalue weighted by atomic mass is 19.1. The maximum Gasteiger partial charge on any atom is 0.247 e. The van der Waals surface area contributed by atoms with Crippen LogP contribution in [0.5, 0.6) is 0 Å². The lowest BCUT2D eigenvalue weighted by atomic mass is 9.94. The molecule has 1 aromatic rings. The van der Waals surface area contributed by atoms with Crippen LogP contribution in [0.25, 0.3) is 0 Å². The Balaban J connectivity index is 1.68. The normalized spacial score (nSPS) is 19.2. The average molecular weight is 390 g/mol. The summed E-state index contributed by atoms with van der Waals surface area (Å²) in [6, 6.07) is 4.67. The smallest absolute Gasteiger partial charge is 0.247 e. The molecule has 0 aromatic heterocycles. The molecule has 1 atom stereocenters. The molecule has 3 rings (SSSR count). The van der Waals surface area contributed by atoms with E-state index in [2.05, 4.69) is 10.6 Å². The number of nitrogens with zero attached hydrogens (tertiary/aromatic N) is 1. The van der Waals surface area contributed by atoms with Crippen molar-refractivity contribution in [1.29, 1.82) is 0 Å². The van der Waals surface area contributed by atoms with Crippen LogP contribution in [0.1, 0.15) is 64.7 Å². The van der Waals surface area contributed by atoms with Crippen LogP contribution in [0.3, 0.4) is 0 Å². The predicted octanol–water partition coefficient (Wildman–Crippen LogP) is 4.23. The molecule has 6 heteroatoms. The highest BCUT2D eigenvalue weighted by Crippen LogP contribution is 2.31. The molecule has 2 saturated carbocycles. The summed E-state index contributed by atoms with van der Waals surface area (Å²) in [4.78, 5) is 26.3. The van der Waals surface area contributed by atoms with Crippen LogP contribution in [-0.2, 0) is 9.59 Å². The van der Waals surface area contributed by atoms with Gasteiger partial charge in [0, 0.05) is 25.7 Å². The summed E-state index contributed by atoms with van der Waals surface area (Å²) >= 11 is 0. The van der Waals surface area contributed by atoms with Crippen molar-refractivity contribution in [2.75, 3.05) is 17.3 Å². The topological polar surface area (TPSA) is 61.4 Å². The third-order valence-electron chi connectivity index (χ3n) is 6.23. The van der Waals surface area contributed by atoms with E-state index < -0.39 is 6.04 Å². The zero-order valence-electron chi connectivity index (χ0n) is 17.0. The van der Waals surface area contributed by atoms with Gasteiger partial charge in [-0.25, -0.2) is 4.39 Å². The molecule has 2 amide bonds. The molecule has 154 valence electrons. The molecule has 2 N–H and O–H groups in total. The maximum absolute atomic E-state index is 14.8. The summed E-state index contributed by atoms with van der Waals surface area (Å²) in [5, 5.41) is 5.57. The van der Waals surface area contributed by atoms with Gasteiger partial charge >= 0.3 is 0 Å². The van der Waals surface area contributed by atoms with Gasteiger partial charge in [-0.05, 0) is 49.8 Å². The van der Waals surface area contributed by atoms with Crippen LogP contribution in [0.2, 0.25) is 0 Å². The zero-order chi connectivity index (χ0) is 20.1. The van der Waals surface area contributed by atoms with Crippen LogP contribution >= 0.6 is 0 Å². The Morgan fingerprint density at radius 2 is 1.71 bits per heavy atom. The fourth-order valence-corrected chi connectivity index (χ4v) is 4.66. The van der Waals surface area contributed by atoms with E-state index in [9.17, 15) is 14.0 Å². The van der Waals surface area contributed by atoms with Crippen molar-refractivity contribution in [1.82, 2.24) is 5.32 Å². The summed E-state index contributed by atoms with van der Waals surface area (Å²) in [7, 11) is 1.94. The lowest BCUT2D eigenvalue weighted by Gasteiger charge is -2.33. The van der Waals surface area contributed by atoms with Crippen LogP contribution in [0.4, 0.5) is 15.8 Å². The molecule has 2 fully saturated rings. The molecular weight excluding hydrogens is 357 g/mol. The predicted molar refractivity (Wildman–Crippen MR) is 110 cm³/mol. The highest BCUT2D eigenvalue weighted by Gasteiger charge is 2.31. The van der Waals surface area contributed by atoms with E-state index in [1.165, 1.54) is 32.3 Å². The number of hydrogen-bond acceptors (Lipinski definition) is 3. The molecule has 0 aliphatic heterocycles. The van der Waals surface area contributed by atoms with Crippen LogP contribution in [-0.4, -0.2) is 30.9 Å². The highest BCUT2D eigenvalue weighted by molar-refractivity contribution is 5.97. The minimum absolute atomic E-state index is 0.144. The largest absolute Gasteiger partial charge is 0.369 e. The standard InChI is InChI=1S/C22H32FN3O2/c1-15(27)24-21(16-8-6-7-9-16)22(28)25-17-12-13-20(19(23)14-17)26(2)18-10-4-3-5-11-18/h12-14,16,18,21H,3-11H2,1-2H3,(H,24,27)(H,25,28). The lowest BCUT2D eigenvalue weighted by Crippen LogP contribution is -2.47. The van der Waals surface area contributed by atoms with Crippen molar-refractivity contribution in [3.8, 4) is 0 Å². The monoisotopic (exact) mass is 389 g/mol. The lowest BCUT2D eigenvalue weighted by molar-refractivity contribution is -0.126. The van der Waals surface area contributed by atoms with Crippen molar-refractivity contribution in [2.45, 2.75) is 76.8 Å². The number of anilines is 2. The van der Waals surface area contributed by atoms with Crippen molar-refractivity contribution >= 4 is 23.2 Å².